The topological polar surface area (TPSA) is 20.2 Å². The van der Waals surface area contributed by atoms with E-state index in [-0.39, 0.29) is 0 Å². The molecule has 1 nitrogen and oxygen atoms in total. The van der Waals surface area contributed by atoms with Crippen LogP contribution in [-0.2, 0) is 11.3 Å². The zero-order valence-electron chi connectivity index (χ0n) is 12.3. The molecule has 4 unspecified atom stereocenters. The van der Waals surface area contributed by atoms with E-state index in [0.717, 1.165) is 20.8 Å². The van der Waals surface area contributed by atoms with Gasteiger partial charge >= 0.3 is 0 Å². The Bertz CT molecular complexity index is 660. The quantitative estimate of drug-likeness (QED) is 0.770. The molecule has 23 heavy (non-hydrogen) atoms. The van der Waals surface area contributed by atoms with E-state index in [1.165, 1.54) is 0 Å². The Morgan fingerprint density at radius 3 is 1.57 bits per heavy atom. The van der Waals surface area contributed by atoms with Crippen molar-refractivity contribution in [1.29, 1.82) is 0 Å². The van der Waals surface area contributed by atoms with Crippen LogP contribution in [0.4, 0.5) is 30.7 Å². The molecule has 0 saturated heterocycles. The number of phenolic OH excluding ortho intramolecular Hbond substituents is 1. The lowest BCUT2D eigenvalue weighted by Crippen LogP contribution is -2.17. The summed E-state index contributed by atoms with van der Waals surface area (Å²) in [6, 6.07) is 0.405. The fourth-order valence-corrected chi connectivity index (χ4v) is 3.28. The molecule has 2 aliphatic carbocycles. The van der Waals surface area contributed by atoms with Gasteiger partial charge in [0, 0.05) is 11.1 Å². The second-order valence-electron chi connectivity index (χ2n) is 6.37. The van der Waals surface area contributed by atoms with Crippen molar-refractivity contribution in [3.63, 3.8) is 0 Å². The molecular weight excluding hydrogens is 329 g/mol. The number of rotatable bonds is 2. The molecule has 8 heteroatoms. The minimum absolute atomic E-state index is 0.405. The van der Waals surface area contributed by atoms with Crippen LogP contribution in [0.2, 0.25) is 0 Å². The van der Waals surface area contributed by atoms with Crippen LogP contribution in [0.1, 0.15) is 30.5 Å². The van der Waals surface area contributed by atoms with Gasteiger partial charge < -0.3 is 5.11 Å². The van der Waals surface area contributed by atoms with Gasteiger partial charge in [-0.3, -0.25) is 0 Å². The van der Waals surface area contributed by atoms with Gasteiger partial charge in [-0.25, -0.2) is 30.7 Å². The van der Waals surface area contributed by atoms with Gasteiger partial charge in [-0.15, -0.1) is 0 Å². The average Bonchev–Trinajstić information content (AvgIpc) is 3.06. The fourth-order valence-electron chi connectivity index (χ4n) is 3.28. The number of hydrogen-bond donors (Lipinski definition) is 1. The highest BCUT2D eigenvalue weighted by Gasteiger charge is 2.84. The van der Waals surface area contributed by atoms with Gasteiger partial charge in [-0.2, -0.15) is 0 Å². The number of halogens is 7. The maximum absolute atomic E-state index is 14.5. The standard InChI is InChI=1S/C15H13F7O/c1-5-8(12(17)6(2)14(12,19)20)4-9(11(23)10(5)16)13(18)7(3)15(13,21)22/h4,6-7,23H,1-3H3. The molecule has 0 amide bonds. The van der Waals surface area contributed by atoms with Crippen molar-refractivity contribution < 1.29 is 35.8 Å². The number of aromatic hydroxyl groups is 1. The first-order chi connectivity index (χ1) is 10.3. The number of hydrogen-bond acceptors (Lipinski definition) is 1. The first-order valence-electron chi connectivity index (χ1n) is 6.93. The molecule has 4 atom stereocenters. The molecule has 2 saturated carbocycles. The molecular formula is C15H13F7O. The second kappa shape index (κ2) is 3.95. The predicted octanol–water partition coefficient (Wildman–Crippen LogP) is 4.74. The summed E-state index contributed by atoms with van der Waals surface area (Å²) in [7, 11) is 0. The highest BCUT2D eigenvalue weighted by Crippen LogP contribution is 2.72. The Morgan fingerprint density at radius 2 is 1.22 bits per heavy atom. The summed E-state index contributed by atoms with van der Waals surface area (Å²) < 4.78 is 97.1. The Hall–Kier alpha value is -1.47. The molecule has 0 aromatic heterocycles. The van der Waals surface area contributed by atoms with Crippen LogP contribution >= 0.6 is 0 Å². The van der Waals surface area contributed by atoms with Gasteiger partial charge in [0.1, 0.15) is 0 Å². The van der Waals surface area contributed by atoms with Gasteiger partial charge in [0.25, 0.3) is 11.8 Å². The smallest absolute Gasteiger partial charge is 0.292 e. The lowest BCUT2D eigenvalue weighted by Gasteiger charge is -2.18. The summed E-state index contributed by atoms with van der Waals surface area (Å²) in [5, 5.41) is 9.65. The molecule has 3 rings (SSSR count). The van der Waals surface area contributed by atoms with Gasteiger partial charge in [-0.05, 0) is 18.6 Å². The molecule has 128 valence electrons. The maximum Gasteiger partial charge on any atom is 0.292 e. The summed E-state index contributed by atoms with van der Waals surface area (Å²) in [4.78, 5) is 0. The van der Waals surface area contributed by atoms with E-state index in [4.69, 9.17) is 0 Å². The predicted molar refractivity (Wildman–Crippen MR) is 66.6 cm³/mol. The minimum Gasteiger partial charge on any atom is -0.505 e. The highest BCUT2D eigenvalue weighted by atomic mass is 19.3. The van der Waals surface area contributed by atoms with E-state index >= 15 is 0 Å². The van der Waals surface area contributed by atoms with Crippen LogP contribution in [0.3, 0.4) is 0 Å². The minimum atomic E-state index is -3.90. The van der Waals surface area contributed by atoms with Gasteiger partial charge in [0.05, 0.1) is 11.8 Å². The molecule has 0 spiro atoms. The molecule has 1 N–H and O–H groups in total. The number of benzene rings is 1. The van der Waals surface area contributed by atoms with Gasteiger partial charge in [0.2, 0.25) is 11.3 Å². The van der Waals surface area contributed by atoms with Crippen molar-refractivity contribution in [3.05, 3.63) is 28.6 Å². The van der Waals surface area contributed by atoms with Crippen LogP contribution < -0.4 is 0 Å². The monoisotopic (exact) mass is 342 g/mol. The second-order valence-corrected chi connectivity index (χ2v) is 6.37. The summed E-state index contributed by atoms with van der Waals surface area (Å²) >= 11 is 0. The van der Waals surface area contributed by atoms with E-state index < -0.39 is 63.3 Å². The molecule has 2 aliphatic rings. The summed E-state index contributed by atoms with van der Waals surface area (Å²) in [6.45, 7) is 2.63. The molecule has 2 fully saturated rings. The molecule has 0 heterocycles. The van der Waals surface area contributed by atoms with Crippen molar-refractivity contribution >= 4 is 0 Å². The molecule has 1 aromatic carbocycles. The maximum atomic E-state index is 14.5. The number of phenols is 1. The Morgan fingerprint density at radius 1 is 0.870 bits per heavy atom. The van der Waals surface area contributed by atoms with Crippen LogP contribution in [0.5, 0.6) is 5.75 Å². The zero-order valence-corrected chi connectivity index (χ0v) is 12.3. The van der Waals surface area contributed by atoms with E-state index in [9.17, 15) is 35.8 Å². The zero-order chi connectivity index (χ0) is 17.7. The van der Waals surface area contributed by atoms with Crippen molar-refractivity contribution in [3.8, 4) is 5.75 Å². The van der Waals surface area contributed by atoms with Crippen LogP contribution in [-0.4, -0.2) is 17.0 Å². The molecule has 0 aliphatic heterocycles. The molecule has 0 radical (unpaired) electrons. The molecule has 0 bridgehead atoms. The summed E-state index contributed by atoms with van der Waals surface area (Å²) in [5.74, 6) is -14.4. The Labute approximate surface area is 127 Å². The molecule has 1 aromatic rings. The lowest BCUT2D eigenvalue weighted by atomic mass is 9.93. The van der Waals surface area contributed by atoms with E-state index in [1.807, 2.05) is 0 Å². The average molecular weight is 342 g/mol. The van der Waals surface area contributed by atoms with E-state index in [2.05, 4.69) is 0 Å². The Balaban J connectivity index is 2.23. The number of alkyl halides is 6. The Kier molecular flexibility index (Phi) is 2.81. The van der Waals surface area contributed by atoms with Crippen molar-refractivity contribution in [2.45, 2.75) is 44.0 Å². The van der Waals surface area contributed by atoms with Crippen LogP contribution in [0, 0.1) is 24.6 Å². The third-order valence-electron chi connectivity index (χ3n) is 5.35. The van der Waals surface area contributed by atoms with Crippen molar-refractivity contribution in [1.82, 2.24) is 0 Å². The van der Waals surface area contributed by atoms with Crippen LogP contribution in [0.15, 0.2) is 6.07 Å². The first-order valence-corrected chi connectivity index (χ1v) is 6.93. The SMILES string of the molecule is Cc1c(C2(F)C(C)C2(F)F)cc(C2(F)C(C)C2(F)F)c(O)c1F. The van der Waals surface area contributed by atoms with E-state index in [1.54, 1.807) is 0 Å². The van der Waals surface area contributed by atoms with Crippen LogP contribution in [0.25, 0.3) is 0 Å². The third kappa shape index (κ3) is 1.50. The van der Waals surface area contributed by atoms with Gasteiger partial charge in [0.15, 0.2) is 11.6 Å². The highest BCUT2D eigenvalue weighted by molar-refractivity contribution is 5.55. The third-order valence-corrected chi connectivity index (χ3v) is 5.35. The normalized spacial score (nSPS) is 40.1. The van der Waals surface area contributed by atoms with Gasteiger partial charge in [-0.1, -0.05) is 13.8 Å². The van der Waals surface area contributed by atoms with Crippen molar-refractivity contribution in [2.24, 2.45) is 11.8 Å². The van der Waals surface area contributed by atoms with E-state index in [0.29, 0.717) is 6.07 Å². The first kappa shape index (κ1) is 16.4. The van der Waals surface area contributed by atoms with Crippen molar-refractivity contribution in [2.75, 3.05) is 0 Å². The lowest BCUT2D eigenvalue weighted by molar-refractivity contribution is 0.0354. The summed E-state index contributed by atoms with van der Waals surface area (Å²) in [5.41, 5.74) is -9.45. The fraction of sp³-hybridized carbons (Fsp3) is 0.600. The largest absolute Gasteiger partial charge is 0.505 e. The summed E-state index contributed by atoms with van der Waals surface area (Å²) in [6.07, 6.45) is 0.